The standard InChI is InChI=1S/C14H19BrN2O2.ClH/c1-19-11-2-3-12(15)13(9-11)17-14(18)8-10-4-6-16-7-5-10;/h2-3,9-10,16H,4-8H2,1H3,(H,17,18);1H. The molecule has 0 spiro atoms. The molecule has 0 radical (unpaired) electrons. The maximum absolute atomic E-state index is 12.0. The predicted molar refractivity (Wildman–Crippen MR) is 86.8 cm³/mol. The summed E-state index contributed by atoms with van der Waals surface area (Å²) in [6, 6.07) is 5.55. The summed E-state index contributed by atoms with van der Waals surface area (Å²) in [6.45, 7) is 2.03. The molecule has 0 bridgehead atoms. The summed E-state index contributed by atoms with van der Waals surface area (Å²) in [6.07, 6.45) is 2.74. The van der Waals surface area contributed by atoms with Crippen LogP contribution in [-0.2, 0) is 4.79 Å². The number of hydrogen-bond acceptors (Lipinski definition) is 3. The van der Waals surface area contributed by atoms with Gasteiger partial charge in [0.1, 0.15) is 5.75 Å². The highest BCUT2D eigenvalue weighted by Gasteiger charge is 2.17. The van der Waals surface area contributed by atoms with E-state index in [1.165, 1.54) is 0 Å². The SMILES string of the molecule is COc1ccc(Br)c(NC(=O)CC2CCNCC2)c1.Cl. The lowest BCUT2D eigenvalue weighted by Gasteiger charge is -2.22. The summed E-state index contributed by atoms with van der Waals surface area (Å²) in [5, 5.41) is 6.25. The molecule has 0 aromatic heterocycles. The van der Waals surface area contributed by atoms with Crippen molar-refractivity contribution in [1.82, 2.24) is 5.32 Å². The highest BCUT2D eigenvalue weighted by atomic mass is 79.9. The quantitative estimate of drug-likeness (QED) is 0.863. The largest absolute Gasteiger partial charge is 0.497 e. The zero-order valence-corrected chi connectivity index (χ0v) is 13.9. The van der Waals surface area contributed by atoms with Crippen molar-refractivity contribution in [3.63, 3.8) is 0 Å². The van der Waals surface area contributed by atoms with Crippen molar-refractivity contribution >= 4 is 39.9 Å². The molecular formula is C14H20BrClN2O2. The molecule has 2 rings (SSSR count). The molecule has 0 unspecified atom stereocenters. The van der Waals surface area contributed by atoms with Gasteiger partial charge in [-0.15, -0.1) is 12.4 Å². The number of benzene rings is 1. The third-order valence-electron chi connectivity index (χ3n) is 3.38. The fourth-order valence-corrected chi connectivity index (χ4v) is 2.62. The van der Waals surface area contributed by atoms with Gasteiger partial charge in [0.05, 0.1) is 12.8 Å². The lowest BCUT2D eigenvalue weighted by Crippen LogP contribution is -2.30. The molecule has 1 aliphatic heterocycles. The number of halogens is 2. The van der Waals surface area contributed by atoms with Crippen LogP contribution in [0.1, 0.15) is 19.3 Å². The molecule has 1 aromatic carbocycles. The zero-order valence-electron chi connectivity index (χ0n) is 11.4. The molecule has 112 valence electrons. The molecule has 1 amide bonds. The topological polar surface area (TPSA) is 50.4 Å². The van der Waals surface area contributed by atoms with Crippen LogP contribution in [0.4, 0.5) is 5.69 Å². The Hall–Kier alpha value is -0.780. The van der Waals surface area contributed by atoms with E-state index in [1.54, 1.807) is 7.11 Å². The molecule has 20 heavy (non-hydrogen) atoms. The van der Waals surface area contributed by atoms with Crippen LogP contribution in [0.5, 0.6) is 5.75 Å². The van der Waals surface area contributed by atoms with Gasteiger partial charge in [-0.25, -0.2) is 0 Å². The van der Waals surface area contributed by atoms with Gasteiger partial charge >= 0.3 is 0 Å². The predicted octanol–water partition coefficient (Wildman–Crippen LogP) is 3.21. The van der Waals surface area contributed by atoms with Gasteiger partial charge in [-0.3, -0.25) is 4.79 Å². The lowest BCUT2D eigenvalue weighted by molar-refractivity contribution is -0.117. The monoisotopic (exact) mass is 362 g/mol. The lowest BCUT2D eigenvalue weighted by atomic mass is 9.94. The molecule has 0 saturated carbocycles. The first-order chi connectivity index (χ1) is 9.19. The maximum atomic E-state index is 12.0. The minimum atomic E-state index is 0. The number of hydrogen-bond donors (Lipinski definition) is 2. The van der Waals surface area contributed by atoms with Crippen LogP contribution in [-0.4, -0.2) is 26.1 Å². The Kier molecular flexibility index (Phi) is 7.34. The number of anilines is 1. The van der Waals surface area contributed by atoms with E-state index in [0.717, 1.165) is 41.8 Å². The van der Waals surface area contributed by atoms with Crippen LogP contribution in [0.15, 0.2) is 22.7 Å². The third-order valence-corrected chi connectivity index (χ3v) is 4.07. The Bertz CT molecular complexity index is 451. The number of carbonyl (C=O) groups excluding carboxylic acids is 1. The van der Waals surface area contributed by atoms with E-state index in [1.807, 2.05) is 18.2 Å². The van der Waals surface area contributed by atoms with Crippen molar-refractivity contribution in [3.05, 3.63) is 22.7 Å². The van der Waals surface area contributed by atoms with Gasteiger partial charge in [0.15, 0.2) is 0 Å². The highest BCUT2D eigenvalue weighted by molar-refractivity contribution is 9.10. The molecular weight excluding hydrogens is 344 g/mol. The first-order valence-electron chi connectivity index (χ1n) is 6.53. The van der Waals surface area contributed by atoms with E-state index in [9.17, 15) is 4.79 Å². The molecule has 1 aromatic rings. The molecule has 0 atom stereocenters. The van der Waals surface area contributed by atoms with Crippen molar-refractivity contribution in [2.45, 2.75) is 19.3 Å². The van der Waals surface area contributed by atoms with Gasteiger partial charge in [-0.05, 0) is 59.9 Å². The number of piperidine rings is 1. The molecule has 0 aliphatic carbocycles. The van der Waals surface area contributed by atoms with Crippen LogP contribution in [0.3, 0.4) is 0 Å². The van der Waals surface area contributed by atoms with Gasteiger partial charge in [0.2, 0.25) is 5.91 Å². The van der Waals surface area contributed by atoms with Crippen molar-refractivity contribution < 1.29 is 9.53 Å². The van der Waals surface area contributed by atoms with Crippen molar-refractivity contribution in [2.75, 3.05) is 25.5 Å². The molecule has 1 fully saturated rings. The minimum absolute atomic E-state index is 0. The van der Waals surface area contributed by atoms with Crippen LogP contribution >= 0.6 is 28.3 Å². The number of carbonyl (C=O) groups is 1. The summed E-state index contributed by atoms with van der Waals surface area (Å²) in [5.74, 6) is 1.30. The number of methoxy groups -OCH3 is 1. The molecule has 2 N–H and O–H groups in total. The normalized spacial score (nSPS) is 15.3. The average Bonchev–Trinajstić information content (AvgIpc) is 2.42. The van der Waals surface area contributed by atoms with Gasteiger partial charge in [-0.2, -0.15) is 0 Å². The Morgan fingerprint density at radius 3 is 2.80 bits per heavy atom. The van der Waals surface area contributed by atoms with E-state index < -0.39 is 0 Å². The van der Waals surface area contributed by atoms with E-state index in [-0.39, 0.29) is 18.3 Å². The first kappa shape index (κ1) is 17.3. The Morgan fingerprint density at radius 1 is 1.45 bits per heavy atom. The number of rotatable bonds is 4. The average molecular weight is 364 g/mol. The van der Waals surface area contributed by atoms with Crippen LogP contribution in [0, 0.1) is 5.92 Å². The number of amides is 1. The Balaban J connectivity index is 0.00000200. The van der Waals surface area contributed by atoms with Gasteiger partial charge in [0.25, 0.3) is 0 Å². The van der Waals surface area contributed by atoms with Crippen molar-refractivity contribution in [3.8, 4) is 5.75 Å². The Labute approximate surface area is 134 Å². The summed E-state index contributed by atoms with van der Waals surface area (Å²) in [5.41, 5.74) is 0.762. The van der Waals surface area contributed by atoms with Crippen LogP contribution in [0.25, 0.3) is 0 Å². The van der Waals surface area contributed by atoms with Crippen molar-refractivity contribution in [1.29, 1.82) is 0 Å². The molecule has 4 nitrogen and oxygen atoms in total. The summed E-state index contributed by atoms with van der Waals surface area (Å²) in [7, 11) is 1.61. The van der Waals surface area contributed by atoms with E-state index >= 15 is 0 Å². The van der Waals surface area contributed by atoms with Crippen LogP contribution in [0.2, 0.25) is 0 Å². The fourth-order valence-electron chi connectivity index (χ4n) is 2.28. The van der Waals surface area contributed by atoms with Gasteiger partial charge in [0, 0.05) is 17.0 Å². The number of ether oxygens (including phenoxy) is 1. The van der Waals surface area contributed by atoms with E-state index in [4.69, 9.17) is 4.74 Å². The van der Waals surface area contributed by atoms with Gasteiger partial charge in [-0.1, -0.05) is 0 Å². The van der Waals surface area contributed by atoms with E-state index in [0.29, 0.717) is 12.3 Å². The highest BCUT2D eigenvalue weighted by Crippen LogP contribution is 2.27. The molecule has 6 heteroatoms. The summed E-state index contributed by atoms with van der Waals surface area (Å²) in [4.78, 5) is 12.0. The second-order valence-electron chi connectivity index (χ2n) is 4.79. The first-order valence-corrected chi connectivity index (χ1v) is 7.32. The zero-order chi connectivity index (χ0) is 13.7. The summed E-state index contributed by atoms with van der Waals surface area (Å²) >= 11 is 3.43. The minimum Gasteiger partial charge on any atom is -0.497 e. The second kappa shape index (κ2) is 8.49. The molecule has 1 aliphatic rings. The Morgan fingerprint density at radius 2 is 2.15 bits per heavy atom. The summed E-state index contributed by atoms with van der Waals surface area (Å²) < 4.78 is 6.03. The third kappa shape index (κ3) is 4.96. The van der Waals surface area contributed by atoms with Crippen LogP contribution < -0.4 is 15.4 Å². The molecule has 1 saturated heterocycles. The molecule has 1 heterocycles. The van der Waals surface area contributed by atoms with E-state index in [2.05, 4.69) is 26.6 Å². The fraction of sp³-hybridized carbons (Fsp3) is 0.500. The van der Waals surface area contributed by atoms with Gasteiger partial charge < -0.3 is 15.4 Å². The van der Waals surface area contributed by atoms with Crippen molar-refractivity contribution in [2.24, 2.45) is 5.92 Å². The smallest absolute Gasteiger partial charge is 0.224 e. The maximum Gasteiger partial charge on any atom is 0.224 e. The number of nitrogens with one attached hydrogen (secondary N) is 2. The second-order valence-corrected chi connectivity index (χ2v) is 5.65.